The number of ether oxygens (including phenoxy) is 1. The van der Waals surface area contributed by atoms with Gasteiger partial charge in [0.15, 0.2) is 16.4 Å². The molecule has 8 heteroatoms. The predicted octanol–water partition coefficient (Wildman–Crippen LogP) is 3.43. The van der Waals surface area contributed by atoms with Gasteiger partial charge in [-0.25, -0.2) is 8.42 Å². The molecule has 0 radical (unpaired) electrons. The molecule has 4 rings (SSSR count). The summed E-state index contributed by atoms with van der Waals surface area (Å²) in [7, 11) is -3.09. The lowest BCUT2D eigenvalue weighted by Gasteiger charge is -2.33. The zero-order valence-electron chi connectivity index (χ0n) is 17.4. The van der Waals surface area contributed by atoms with E-state index in [1.807, 2.05) is 42.5 Å². The molecule has 0 bridgehead atoms. The van der Waals surface area contributed by atoms with Crippen molar-refractivity contribution in [3.8, 4) is 0 Å². The van der Waals surface area contributed by atoms with E-state index < -0.39 is 15.8 Å². The van der Waals surface area contributed by atoms with Crippen LogP contribution in [0.25, 0.3) is 10.8 Å². The van der Waals surface area contributed by atoms with Gasteiger partial charge in [0.1, 0.15) is 0 Å². The monoisotopic (exact) mass is 461 g/mol. The highest BCUT2D eigenvalue weighted by molar-refractivity contribution is 8.00. The van der Waals surface area contributed by atoms with Crippen molar-refractivity contribution in [2.45, 2.75) is 49.1 Å². The molecule has 6 nitrogen and oxygen atoms in total. The smallest absolute Gasteiger partial charge is 0.316 e. The number of amides is 1. The fraction of sp³-hybridized carbons (Fsp3) is 0.478. The molecule has 2 aromatic rings. The average Bonchev–Trinajstić information content (AvgIpc) is 3.40. The normalized spacial score (nSPS) is 20.7. The van der Waals surface area contributed by atoms with Gasteiger partial charge in [-0.05, 0) is 42.2 Å². The van der Waals surface area contributed by atoms with Crippen LogP contribution in [0.15, 0.2) is 47.4 Å². The maximum absolute atomic E-state index is 12.9. The van der Waals surface area contributed by atoms with Gasteiger partial charge >= 0.3 is 5.97 Å². The van der Waals surface area contributed by atoms with E-state index in [2.05, 4.69) is 0 Å². The van der Waals surface area contributed by atoms with Gasteiger partial charge in [-0.3, -0.25) is 9.59 Å². The Morgan fingerprint density at radius 3 is 2.45 bits per heavy atom. The summed E-state index contributed by atoms with van der Waals surface area (Å²) in [6, 6.07) is 13.8. The van der Waals surface area contributed by atoms with Crippen molar-refractivity contribution in [2.24, 2.45) is 0 Å². The number of hydrogen-bond acceptors (Lipinski definition) is 6. The number of sulfone groups is 1. The third kappa shape index (κ3) is 5.60. The average molecular weight is 462 g/mol. The molecule has 1 atom stereocenters. The van der Waals surface area contributed by atoms with Gasteiger partial charge in [-0.2, -0.15) is 0 Å². The lowest BCUT2D eigenvalue weighted by molar-refractivity contribution is -0.152. The van der Waals surface area contributed by atoms with Crippen LogP contribution >= 0.6 is 11.8 Å². The van der Waals surface area contributed by atoms with Crippen molar-refractivity contribution >= 4 is 44.2 Å². The Morgan fingerprint density at radius 2 is 1.74 bits per heavy atom. The second-order valence-corrected chi connectivity index (χ2v) is 11.5. The topological polar surface area (TPSA) is 80.8 Å². The largest absolute Gasteiger partial charge is 0.455 e. The number of hydrogen-bond donors (Lipinski definition) is 0. The molecule has 1 aliphatic carbocycles. The second-order valence-electron chi connectivity index (χ2n) is 8.25. The van der Waals surface area contributed by atoms with Crippen LogP contribution in [0.3, 0.4) is 0 Å². The Bertz CT molecular complexity index is 1060. The first-order valence-electron chi connectivity index (χ1n) is 10.7. The Balaban J connectivity index is 1.31. The Morgan fingerprint density at radius 1 is 1.00 bits per heavy atom. The van der Waals surface area contributed by atoms with Crippen LogP contribution in [-0.4, -0.2) is 61.1 Å². The van der Waals surface area contributed by atoms with E-state index in [1.165, 1.54) is 11.8 Å². The van der Waals surface area contributed by atoms with Crippen LogP contribution in [0.5, 0.6) is 0 Å². The SMILES string of the molecule is O=C(CSc1ccc2ccccc2c1)OCC(=O)N(C1CCCC1)C1CCS(=O)(=O)C1. The summed E-state index contributed by atoms with van der Waals surface area (Å²) in [5.74, 6) is -0.473. The van der Waals surface area contributed by atoms with Crippen LogP contribution in [0.1, 0.15) is 32.1 Å². The molecule has 2 aromatic carbocycles. The first-order chi connectivity index (χ1) is 14.9. The first kappa shape index (κ1) is 22.1. The Labute approximate surface area is 187 Å². The standard InChI is InChI=1S/C23H27NO5S2/c25-22(24(19-7-3-4-8-19)20-11-12-31(27,28)16-20)14-29-23(26)15-30-21-10-9-17-5-1-2-6-18(17)13-21/h1-2,5-6,9-10,13,19-20H,3-4,7-8,11-12,14-16H2. The lowest BCUT2D eigenvalue weighted by atomic mass is 10.1. The van der Waals surface area contributed by atoms with Crippen molar-refractivity contribution in [3.05, 3.63) is 42.5 Å². The number of nitrogens with zero attached hydrogens (tertiary/aromatic N) is 1. The molecule has 1 aliphatic heterocycles. The molecule has 1 unspecified atom stereocenters. The van der Waals surface area contributed by atoms with E-state index in [-0.39, 0.29) is 41.9 Å². The summed E-state index contributed by atoms with van der Waals surface area (Å²) in [5.41, 5.74) is 0. The number of benzene rings is 2. The molecule has 1 heterocycles. The van der Waals surface area contributed by atoms with Gasteiger partial charge in [-0.15, -0.1) is 11.8 Å². The molecule has 2 fully saturated rings. The molecule has 1 amide bonds. The highest BCUT2D eigenvalue weighted by Crippen LogP contribution is 2.29. The summed E-state index contributed by atoms with van der Waals surface area (Å²) in [5, 5.41) is 2.25. The second kappa shape index (κ2) is 9.61. The first-order valence-corrected chi connectivity index (χ1v) is 13.5. The van der Waals surface area contributed by atoms with Crippen LogP contribution in [0, 0.1) is 0 Å². The minimum absolute atomic E-state index is 0.0149. The van der Waals surface area contributed by atoms with Gasteiger partial charge in [0.05, 0.1) is 17.3 Å². The number of carbonyl (C=O) groups excluding carboxylic acids is 2. The van der Waals surface area contributed by atoms with Crippen molar-refractivity contribution < 1.29 is 22.7 Å². The fourth-order valence-corrected chi connectivity index (χ4v) is 6.99. The van der Waals surface area contributed by atoms with Crippen LogP contribution < -0.4 is 0 Å². The summed E-state index contributed by atoms with van der Waals surface area (Å²) < 4.78 is 29.1. The maximum atomic E-state index is 12.9. The molecule has 1 saturated carbocycles. The number of thioether (sulfide) groups is 1. The van der Waals surface area contributed by atoms with Gasteiger partial charge < -0.3 is 9.64 Å². The molecule has 2 aliphatic rings. The van der Waals surface area contributed by atoms with E-state index in [0.29, 0.717) is 6.42 Å². The number of esters is 1. The zero-order chi connectivity index (χ0) is 21.8. The third-order valence-electron chi connectivity index (χ3n) is 6.04. The molecule has 1 saturated heterocycles. The number of fused-ring (bicyclic) bond motifs is 1. The fourth-order valence-electron chi connectivity index (χ4n) is 4.54. The van der Waals surface area contributed by atoms with E-state index in [9.17, 15) is 18.0 Å². The predicted molar refractivity (Wildman–Crippen MR) is 122 cm³/mol. The Hall–Kier alpha value is -2.06. The number of carbonyl (C=O) groups is 2. The van der Waals surface area contributed by atoms with Crippen LogP contribution in [0.2, 0.25) is 0 Å². The molecule has 0 N–H and O–H groups in total. The van der Waals surface area contributed by atoms with Gasteiger partial charge in [0.2, 0.25) is 0 Å². The summed E-state index contributed by atoms with van der Waals surface area (Å²) in [4.78, 5) is 27.8. The van der Waals surface area contributed by atoms with Crippen LogP contribution in [-0.2, 0) is 24.2 Å². The summed E-state index contributed by atoms with van der Waals surface area (Å²) in [6.07, 6.45) is 4.31. The van der Waals surface area contributed by atoms with Crippen molar-refractivity contribution in [1.29, 1.82) is 0 Å². The van der Waals surface area contributed by atoms with Crippen molar-refractivity contribution in [3.63, 3.8) is 0 Å². The number of rotatable bonds is 7. The lowest BCUT2D eigenvalue weighted by Crippen LogP contribution is -2.48. The molecular formula is C23H27NO5S2. The molecule has 166 valence electrons. The van der Waals surface area contributed by atoms with E-state index in [0.717, 1.165) is 41.4 Å². The van der Waals surface area contributed by atoms with E-state index in [1.54, 1.807) is 4.90 Å². The van der Waals surface area contributed by atoms with Gasteiger partial charge in [0.25, 0.3) is 5.91 Å². The molecular weight excluding hydrogens is 434 g/mol. The van der Waals surface area contributed by atoms with E-state index in [4.69, 9.17) is 4.74 Å². The third-order valence-corrected chi connectivity index (χ3v) is 8.76. The van der Waals surface area contributed by atoms with Gasteiger partial charge in [0, 0.05) is 17.0 Å². The molecule has 0 spiro atoms. The summed E-state index contributed by atoms with van der Waals surface area (Å²) >= 11 is 1.38. The van der Waals surface area contributed by atoms with Crippen molar-refractivity contribution in [1.82, 2.24) is 4.90 Å². The van der Waals surface area contributed by atoms with Crippen LogP contribution in [0.4, 0.5) is 0 Å². The molecule has 31 heavy (non-hydrogen) atoms. The molecule has 0 aromatic heterocycles. The van der Waals surface area contributed by atoms with Gasteiger partial charge in [-0.1, -0.05) is 43.2 Å². The highest BCUT2D eigenvalue weighted by atomic mass is 32.2. The summed E-state index contributed by atoms with van der Waals surface area (Å²) in [6.45, 7) is -0.329. The van der Waals surface area contributed by atoms with Crippen molar-refractivity contribution in [2.75, 3.05) is 23.9 Å². The highest BCUT2D eigenvalue weighted by Gasteiger charge is 2.39. The Kier molecular flexibility index (Phi) is 6.86. The minimum Gasteiger partial charge on any atom is -0.455 e. The minimum atomic E-state index is -3.09. The van der Waals surface area contributed by atoms with E-state index >= 15 is 0 Å². The quantitative estimate of drug-likeness (QED) is 0.464. The zero-order valence-corrected chi connectivity index (χ0v) is 19.0. The maximum Gasteiger partial charge on any atom is 0.316 e.